The number of rotatable bonds is 3. The summed E-state index contributed by atoms with van der Waals surface area (Å²) in [5, 5.41) is 5.54. The normalized spacial score (nSPS) is 21.6. The van der Waals surface area contributed by atoms with Crippen molar-refractivity contribution in [3.63, 3.8) is 0 Å². The Morgan fingerprint density at radius 3 is 2.93 bits per heavy atom. The van der Waals surface area contributed by atoms with Gasteiger partial charge in [0.1, 0.15) is 0 Å². The molecular weight excluding hydrogens is 228 g/mol. The minimum absolute atomic E-state index is 0. The Bertz CT molecular complexity index is 301. The number of likely N-dealkylation sites (tertiary alicyclic amines) is 1. The highest BCUT2D eigenvalue weighted by Crippen LogP contribution is 2.20. The van der Waals surface area contributed by atoms with E-state index >= 15 is 0 Å². The molecule has 15 heavy (non-hydrogen) atoms. The standard InChI is InChI=1S/C11H18N2S.ClH/c1-9-4-6-14-11(9)8-13-5-3-10(7-13)12-2;/h4,6,10,12H,3,5,7-8H2,1-2H3;1H. The highest BCUT2D eigenvalue weighted by molar-refractivity contribution is 7.10. The van der Waals surface area contributed by atoms with Crippen molar-refractivity contribution in [3.05, 3.63) is 21.9 Å². The maximum absolute atomic E-state index is 3.35. The van der Waals surface area contributed by atoms with E-state index in [0.717, 1.165) is 6.54 Å². The predicted octanol–water partition coefficient (Wildman–Crippen LogP) is 2.27. The van der Waals surface area contributed by atoms with Gasteiger partial charge in [-0.2, -0.15) is 0 Å². The van der Waals surface area contributed by atoms with E-state index in [1.807, 2.05) is 11.3 Å². The van der Waals surface area contributed by atoms with Gasteiger partial charge in [0.25, 0.3) is 0 Å². The van der Waals surface area contributed by atoms with E-state index in [2.05, 4.69) is 35.6 Å². The fourth-order valence-electron chi connectivity index (χ4n) is 1.98. The lowest BCUT2D eigenvalue weighted by molar-refractivity contribution is 0.325. The van der Waals surface area contributed by atoms with E-state index in [-0.39, 0.29) is 12.4 Å². The van der Waals surface area contributed by atoms with Crippen LogP contribution in [0.25, 0.3) is 0 Å². The summed E-state index contributed by atoms with van der Waals surface area (Å²) in [5.74, 6) is 0. The van der Waals surface area contributed by atoms with Gasteiger partial charge in [-0.25, -0.2) is 0 Å². The van der Waals surface area contributed by atoms with Crippen LogP contribution >= 0.6 is 23.7 Å². The van der Waals surface area contributed by atoms with Gasteiger partial charge >= 0.3 is 0 Å². The second kappa shape index (κ2) is 5.85. The number of nitrogens with zero attached hydrogens (tertiary/aromatic N) is 1. The van der Waals surface area contributed by atoms with Crippen LogP contribution in [0.3, 0.4) is 0 Å². The maximum Gasteiger partial charge on any atom is 0.0331 e. The Kier molecular flexibility index (Phi) is 5.06. The van der Waals surface area contributed by atoms with Gasteiger partial charge in [-0.15, -0.1) is 23.7 Å². The molecule has 1 N–H and O–H groups in total. The minimum atomic E-state index is 0. The largest absolute Gasteiger partial charge is 0.316 e. The Morgan fingerprint density at radius 2 is 2.40 bits per heavy atom. The van der Waals surface area contributed by atoms with Gasteiger partial charge in [0.15, 0.2) is 0 Å². The van der Waals surface area contributed by atoms with Gasteiger partial charge in [-0.3, -0.25) is 4.90 Å². The first-order valence-electron chi connectivity index (χ1n) is 5.22. The molecule has 0 aromatic carbocycles. The van der Waals surface area contributed by atoms with E-state index in [9.17, 15) is 0 Å². The van der Waals surface area contributed by atoms with Crippen molar-refractivity contribution < 1.29 is 0 Å². The van der Waals surface area contributed by atoms with Crippen LogP contribution in [-0.4, -0.2) is 31.1 Å². The molecule has 2 heterocycles. The molecule has 0 bridgehead atoms. The highest BCUT2D eigenvalue weighted by atomic mass is 35.5. The number of likely N-dealkylation sites (N-methyl/N-ethyl adjacent to an activating group) is 1. The van der Waals surface area contributed by atoms with Crippen molar-refractivity contribution in [1.29, 1.82) is 0 Å². The number of aryl methyl sites for hydroxylation is 1. The van der Waals surface area contributed by atoms with E-state index in [1.165, 1.54) is 30.0 Å². The second-order valence-corrected chi connectivity index (χ2v) is 5.04. The summed E-state index contributed by atoms with van der Waals surface area (Å²) in [7, 11) is 2.06. The maximum atomic E-state index is 3.35. The molecule has 0 radical (unpaired) electrons. The smallest absolute Gasteiger partial charge is 0.0331 e. The van der Waals surface area contributed by atoms with Crippen molar-refractivity contribution in [2.75, 3.05) is 20.1 Å². The molecule has 1 unspecified atom stereocenters. The average Bonchev–Trinajstić information content (AvgIpc) is 2.77. The lowest BCUT2D eigenvalue weighted by Crippen LogP contribution is -2.29. The molecule has 1 atom stereocenters. The minimum Gasteiger partial charge on any atom is -0.316 e. The van der Waals surface area contributed by atoms with Crippen LogP contribution in [0.4, 0.5) is 0 Å². The summed E-state index contributed by atoms with van der Waals surface area (Å²) in [4.78, 5) is 4.07. The number of hydrogen-bond donors (Lipinski definition) is 1. The molecule has 1 fully saturated rings. The molecule has 1 aliphatic heterocycles. The molecule has 0 aliphatic carbocycles. The van der Waals surface area contributed by atoms with Crippen molar-refractivity contribution in [2.45, 2.75) is 25.9 Å². The first kappa shape index (κ1) is 13.0. The number of nitrogens with one attached hydrogen (secondary N) is 1. The Labute approximate surface area is 102 Å². The zero-order chi connectivity index (χ0) is 9.97. The van der Waals surface area contributed by atoms with Gasteiger partial charge < -0.3 is 5.32 Å². The predicted molar refractivity (Wildman–Crippen MR) is 69.0 cm³/mol. The van der Waals surface area contributed by atoms with Crippen molar-refractivity contribution >= 4 is 23.7 Å². The van der Waals surface area contributed by atoms with Crippen LogP contribution < -0.4 is 5.32 Å². The van der Waals surface area contributed by atoms with Gasteiger partial charge in [0.2, 0.25) is 0 Å². The van der Waals surface area contributed by atoms with Crippen LogP contribution in [0.5, 0.6) is 0 Å². The molecule has 1 saturated heterocycles. The number of hydrogen-bond acceptors (Lipinski definition) is 3. The van der Waals surface area contributed by atoms with Gasteiger partial charge in [-0.1, -0.05) is 0 Å². The average molecular weight is 247 g/mol. The molecule has 1 aromatic heterocycles. The van der Waals surface area contributed by atoms with E-state index in [0.29, 0.717) is 6.04 Å². The van der Waals surface area contributed by atoms with Crippen LogP contribution in [0, 0.1) is 6.92 Å². The number of halogens is 1. The summed E-state index contributed by atoms with van der Waals surface area (Å²) in [6.45, 7) is 5.79. The first-order chi connectivity index (χ1) is 6.79. The van der Waals surface area contributed by atoms with Crippen LogP contribution in [0.2, 0.25) is 0 Å². The highest BCUT2D eigenvalue weighted by Gasteiger charge is 2.21. The lowest BCUT2D eigenvalue weighted by Gasteiger charge is -2.15. The fraction of sp³-hybridized carbons (Fsp3) is 0.636. The topological polar surface area (TPSA) is 15.3 Å². The molecule has 86 valence electrons. The molecule has 1 aromatic rings. The van der Waals surface area contributed by atoms with E-state index in [4.69, 9.17) is 0 Å². The van der Waals surface area contributed by atoms with Crippen molar-refractivity contribution in [2.24, 2.45) is 0 Å². The summed E-state index contributed by atoms with van der Waals surface area (Å²) in [5.41, 5.74) is 1.45. The van der Waals surface area contributed by atoms with Crippen LogP contribution in [0.1, 0.15) is 16.9 Å². The fourth-order valence-corrected chi connectivity index (χ4v) is 2.93. The summed E-state index contributed by atoms with van der Waals surface area (Å²) in [6.07, 6.45) is 1.29. The van der Waals surface area contributed by atoms with Crippen molar-refractivity contribution in [1.82, 2.24) is 10.2 Å². The van der Waals surface area contributed by atoms with E-state index in [1.54, 1.807) is 0 Å². The quantitative estimate of drug-likeness (QED) is 0.881. The third kappa shape index (κ3) is 3.18. The van der Waals surface area contributed by atoms with Crippen LogP contribution in [-0.2, 0) is 6.54 Å². The van der Waals surface area contributed by atoms with Gasteiger partial charge in [-0.05, 0) is 37.4 Å². The molecular formula is C11H19ClN2S. The molecule has 0 spiro atoms. The summed E-state index contributed by atoms with van der Waals surface area (Å²) < 4.78 is 0. The molecule has 1 aliphatic rings. The monoisotopic (exact) mass is 246 g/mol. The Morgan fingerprint density at radius 1 is 1.60 bits per heavy atom. The van der Waals surface area contributed by atoms with Crippen molar-refractivity contribution in [3.8, 4) is 0 Å². The summed E-state index contributed by atoms with van der Waals surface area (Å²) >= 11 is 1.88. The Hall–Kier alpha value is -0.0900. The third-order valence-electron chi connectivity index (χ3n) is 3.02. The van der Waals surface area contributed by atoms with E-state index < -0.39 is 0 Å². The zero-order valence-electron chi connectivity index (χ0n) is 9.32. The first-order valence-corrected chi connectivity index (χ1v) is 6.10. The number of thiophene rings is 1. The Balaban J connectivity index is 0.00000112. The van der Waals surface area contributed by atoms with Gasteiger partial charge in [0.05, 0.1) is 0 Å². The summed E-state index contributed by atoms with van der Waals surface area (Å²) in [6, 6.07) is 2.92. The molecule has 2 nitrogen and oxygen atoms in total. The second-order valence-electron chi connectivity index (χ2n) is 4.04. The zero-order valence-corrected chi connectivity index (χ0v) is 11.0. The van der Waals surface area contributed by atoms with Gasteiger partial charge in [0, 0.05) is 30.6 Å². The SMILES string of the molecule is CNC1CCN(Cc2sccc2C)C1.Cl. The molecule has 4 heteroatoms. The lowest BCUT2D eigenvalue weighted by atomic mass is 10.3. The molecule has 0 saturated carbocycles. The molecule has 2 rings (SSSR count). The van der Waals surface area contributed by atoms with Crippen LogP contribution in [0.15, 0.2) is 11.4 Å². The third-order valence-corrected chi connectivity index (χ3v) is 4.02. The molecule has 0 amide bonds.